The van der Waals surface area contributed by atoms with Gasteiger partial charge in [-0.2, -0.15) is 8.42 Å². The molecule has 0 bridgehead atoms. The minimum Gasteiger partial charge on any atom is -0.492 e. The standard InChI is InChI=1S/C20H20ClNO4S/c1-4-25-17-9-7-14(13(2)3)12-19(17)27(23,24)26-18-10-8-16(21)15-6-5-11-22-20(15)18/h5-13H,4H2,1-3H3. The number of hydrogen-bond donors (Lipinski definition) is 0. The first kappa shape index (κ1) is 19.5. The summed E-state index contributed by atoms with van der Waals surface area (Å²) < 4.78 is 37.0. The number of benzene rings is 2. The van der Waals surface area contributed by atoms with Crippen LogP contribution in [0.1, 0.15) is 32.3 Å². The molecule has 0 fully saturated rings. The molecule has 1 heterocycles. The van der Waals surface area contributed by atoms with Crippen LogP contribution >= 0.6 is 11.6 Å². The van der Waals surface area contributed by atoms with Crippen LogP contribution in [-0.4, -0.2) is 20.0 Å². The maximum absolute atomic E-state index is 13.0. The van der Waals surface area contributed by atoms with Crippen molar-refractivity contribution in [1.29, 1.82) is 0 Å². The van der Waals surface area contributed by atoms with Crippen molar-refractivity contribution in [2.75, 3.05) is 6.61 Å². The van der Waals surface area contributed by atoms with Crippen LogP contribution in [0.2, 0.25) is 5.02 Å². The van der Waals surface area contributed by atoms with Gasteiger partial charge in [-0.25, -0.2) is 0 Å². The number of aromatic nitrogens is 1. The van der Waals surface area contributed by atoms with E-state index in [1.807, 2.05) is 19.9 Å². The predicted octanol–water partition coefficient (Wildman–Crippen LogP) is 5.18. The largest absolute Gasteiger partial charge is 0.492 e. The molecule has 1 aromatic heterocycles. The predicted molar refractivity (Wildman–Crippen MR) is 106 cm³/mol. The van der Waals surface area contributed by atoms with E-state index in [1.165, 1.54) is 6.07 Å². The molecule has 3 aromatic rings. The Bertz CT molecular complexity index is 1080. The van der Waals surface area contributed by atoms with Gasteiger partial charge in [0.05, 0.1) is 11.6 Å². The zero-order chi connectivity index (χ0) is 19.6. The molecular formula is C20H20ClNO4S. The maximum atomic E-state index is 13.0. The highest BCUT2D eigenvalue weighted by Crippen LogP contribution is 2.34. The van der Waals surface area contributed by atoms with Crippen molar-refractivity contribution in [3.05, 3.63) is 59.2 Å². The Labute approximate surface area is 164 Å². The molecule has 3 rings (SSSR count). The first-order valence-electron chi connectivity index (χ1n) is 8.58. The van der Waals surface area contributed by atoms with Crippen molar-refractivity contribution >= 4 is 32.6 Å². The molecule has 2 aromatic carbocycles. The topological polar surface area (TPSA) is 65.5 Å². The van der Waals surface area contributed by atoms with Gasteiger partial charge in [0, 0.05) is 11.6 Å². The smallest absolute Gasteiger partial charge is 0.343 e. The fourth-order valence-corrected chi connectivity index (χ4v) is 4.03. The second-order valence-corrected chi connectivity index (χ2v) is 8.20. The molecule has 0 atom stereocenters. The van der Waals surface area contributed by atoms with Crippen molar-refractivity contribution in [2.45, 2.75) is 31.6 Å². The van der Waals surface area contributed by atoms with E-state index in [9.17, 15) is 8.42 Å². The highest BCUT2D eigenvalue weighted by molar-refractivity contribution is 7.87. The van der Waals surface area contributed by atoms with Gasteiger partial charge in [0.25, 0.3) is 0 Å². The van der Waals surface area contributed by atoms with Crippen molar-refractivity contribution in [3.63, 3.8) is 0 Å². The molecule has 7 heteroatoms. The van der Waals surface area contributed by atoms with Gasteiger partial charge in [0.2, 0.25) is 0 Å². The Hall–Kier alpha value is -2.31. The van der Waals surface area contributed by atoms with Crippen molar-refractivity contribution in [2.24, 2.45) is 0 Å². The lowest BCUT2D eigenvalue weighted by molar-refractivity contribution is 0.329. The van der Waals surface area contributed by atoms with Crippen molar-refractivity contribution < 1.29 is 17.3 Å². The van der Waals surface area contributed by atoms with E-state index >= 15 is 0 Å². The molecule has 0 unspecified atom stereocenters. The summed E-state index contributed by atoms with van der Waals surface area (Å²) in [4.78, 5) is 4.21. The molecule has 0 saturated heterocycles. The van der Waals surface area contributed by atoms with Gasteiger partial charge < -0.3 is 8.92 Å². The second kappa shape index (κ2) is 7.74. The number of fused-ring (bicyclic) bond motifs is 1. The third-order valence-corrected chi connectivity index (χ3v) is 5.67. The average molecular weight is 406 g/mol. The van der Waals surface area contributed by atoms with Gasteiger partial charge in [-0.3, -0.25) is 4.98 Å². The van der Waals surface area contributed by atoms with Crippen LogP contribution in [0.3, 0.4) is 0 Å². The van der Waals surface area contributed by atoms with E-state index in [2.05, 4.69) is 4.98 Å². The first-order chi connectivity index (χ1) is 12.8. The summed E-state index contributed by atoms with van der Waals surface area (Å²) in [5, 5.41) is 1.09. The number of hydrogen-bond acceptors (Lipinski definition) is 5. The molecule has 0 radical (unpaired) electrons. The number of pyridine rings is 1. The third kappa shape index (κ3) is 4.01. The molecule has 142 valence electrons. The van der Waals surface area contributed by atoms with Crippen molar-refractivity contribution in [3.8, 4) is 11.5 Å². The molecular weight excluding hydrogens is 386 g/mol. The lowest BCUT2D eigenvalue weighted by Gasteiger charge is -2.15. The van der Waals surface area contributed by atoms with E-state index in [-0.39, 0.29) is 22.3 Å². The normalized spacial score (nSPS) is 11.7. The molecule has 0 saturated carbocycles. The number of halogens is 1. The van der Waals surface area contributed by atoms with Gasteiger partial charge in [0.15, 0.2) is 5.75 Å². The van der Waals surface area contributed by atoms with E-state index in [1.54, 1.807) is 43.5 Å². The van der Waals surface area contributed by atoms with Crippen LogP contribution in [0.4, 0.5) is 0 Å². The Morgan fingerprint density at radius 2 is 1.85 bits per heavy atom. The fraction of sp³-hybridized carbons (Fsp3) is 0.250. The summed E-state index contributed by atoms with van der Waals surface area (Å²) in [6.45, 7) is 6.12. The van der Waals surface area contributed by atoms with Gasteiger partial charge in [0.1, 0.15) is 16.2 Å². The molecule has 27 heavy (non-hydrogen) atoms. The quantitative estimate of drug-likeness (QED) is 0.529. The van der Waals surface area contributed by atoms with Gasteiger partial charge in [-0.1, -0.05) is 31.5 Å². The van der Waals surface area contributed by atoms with Crippen molar-refractivity contribution in [1.82, 2.24) is 4.98 Å². The number of rotatable bonds is 6. The summed E-state index contributed by atoms with van der Waals surface area (Å²) in [5.74, 6) is 0.535. The zero-order valence-electron chi connectivity index (χ0n) is 15.3. The minimum atomic E-state index is -4.13. The molecule has 0 amide bonds. The zero-order valence-corrected chi connectivity index (χ0v) is 16.8. The summed E-state index contributed by atoms with van der Waals surface area (Å²) in [5.41, 5.74) is 1.26. The van der Waals surface area contributed by atoms with Gasteiger partial charge in [-0.15, -0.1) is 0 Å². The number of nitrogens with zero attached hydrogens (tertiary/aromatic N) is 1. The average Bonchev–Trinajstić information content (AvgIpc) is 2.64. The Morgan fingerprint density at radius 1 is 1.11 bits per heavy atom. The highest BCUT2D eigenvalue weighted by Gasteiger charge is 2.24. The minimum absolute atomic E-state index is 0.00502. The summed E-state index contributed by atoms with van der Waals surface area (Å²) in [6, 6.07) is 11.7. The monoisotopic (exact) mass is 405 g/mol. The lowest BCUT2D eigenvalue weighted by Crippen LogP contribution is -2.13. The van der Waals surface area contributed by atoms with Crippen LogP contribution < -0.4 is 8.92 Å². The van der Waals surface area contributed by atoms with Crippen LogP contribution in [0.5, 0.6) is 11.5 Å². The molecule has 0 aliphatic heterocycles. The molecule has 0 spiro atoms. The van der Waals surface area contributed by atoms with Crippen LogP contribution in [0.25, 0.3) is 10.9 Å². The fourth-order valence-electron chi connectivity index (χ4n) is 2.70. The summed E-state index contributed by atoms with van der Waals surface area (Å²) in [7, 11) is -4.13. The maximum Gasteiger partial charge on any atom is 0.343 e. The summed E-state index contributed by atoms with van der Waals surface area (Å²) in [6.07, 6.45) is 1.56. The SMILES string of the molecule is CCOc1ccc(C(C)C)cc1S(=O)(=O)Oc1ccc(Cl)c2cccnc12. The van der Waals surface area contributed by atoms with Crippen LogP contribution in [0.15, 0.2) is 53.6 Å². The van der Waals surface area contributed by atoms with Crippen LogP contribution in [0, 0.1) is 0 Å². The Kier molecular flexibility index (Phi) is 5.58. The second-order valence-electron chi connectivity index (χ2n) is 6.28. The summed E-state index contributed by atoms with van der Waals surface area (Å²) >= 11 is 6.17. The van der Waals surface area contributed by atoms with Gasteiger partial charge in [-0.05, 0) is 54.8 Å². The van der Waals surface area contributed by atoms with E-state index < -0.39 is 10.1 Å². The molecule has 5 nitrogen and oxygen atoms in total. The molecule has 0 aliphatic carbocycles. The first-order valence-corrected chi connectivity index (χ1v) is 10.4. The molecule has 0 N–H and O–H groups in total. The third-order valence-electron chi connectivity index (χ3n) is 4.08. The van der Waals surface area contributed by atoms with E-state index in [4.69, 9.17) is 20.5 Å². The van der Waals surface area contributed by atoms with E-state index in [0.717, 1.165) is 5.56 Å². The Morgan fingerprint density at radius 3 is 2.56 bits per heavy atom. The van der Waals surface area contributed by atoms with Crippen LogP contribution in [-0.2, 0) is 10.1 Å². The number of ether oxygens (including phenoxy) is 1. The highest BCUT2D eigenvalue weighted by atomic mass is 35.5. The van der Waals surface area contributed by atoms with E-state index in [0.29, 0.717) is 22.5 Å². The Balaban J connectivity index is 2.10. The molecule has 0 aliphatic rings. The lowest BCUT2D eigenvalue weighted by atomic mass is 10.0. The van der Waals surface area contributed by atoms with Gasteiger partial charge >= 0.3 is 10.1 Å².